The number of hydrogen-bond acceptors (Lipinski definition) is 4. The van der Waals surface area contributed by atoms with E-state index in [-0.39, 0.29) is 18.1 Å². The molecule has 21 heavy (non-hydrogen) atoms. The second-order valence-electron chi connectivity index (χ2n) is 6.23. The molecule has 5 heteroatoms. The minimum Gasteiger partial charge on any atom is -0.467 e. The minimum absolute atomic E-state index is 0.0205. The molecule has 0 unspecified atom stereocenters. The van der Waals surface area contributed by atoms with Crippen LogP contribution in [0.3, 0.4) is 0 Å². The highest BCUT2D eigenvalue weighted by molar-refractivity contribution is 5.80. The van der Waals surface area contributed by atoms with Crippen LogP contribution in [0.5, 0.6) is 0 Å². The largest absolute Gasteiger partial charge is 0.467 e. The van der Waals surface area contributed by atoms with Crippen LogP contribution in [0.25, 0.3) is 0 Å². The zero-order chi connectivity index (χ0) is 14.8. The molecule has 3 heterocycles. The van der Waals surface area contributed by atoms with Gasteiger partial charge >= 0.3 is 0 Å². The van der Waals surface area contributed by atoms with E-state index >= 15 is 0 Å². The molecule has 1 aromatic rings. The fourth-order valence-corrected chi connectivity index (χ4v) is 3.49. The Kier molecular flexibility index (Phi) is 4.31. The molecule has 2 aliphatic rings. The standard InChI is InChI=1S/C16H24N2O3/c1-11(2)18-8-7-14-13(18)5-6-15(21-14)16(19)17-10-12-4-3-9-20-12/h3-4,9,11,13-15H,5-8,10H2,1-2H3,(H,17,19)/t13-,14-,15-/m0/s1. The average molecular weight is 292 g/mol. The molecule has 0 radical (unpaired) electrons. The molecule has 0 bridgehead atoms. The van der Waals surface area contributed by atoms with Crippen molar-refractivity contribution in [2.24, 2.45) is 0 Å². The molecule has 5 nitrogen and oxygen atoms in total. The highest BCUT2D eigenvalue weighted by Crippen LogP contribution is 2.32. The zero-order valence-corrected chi connectivity index (χ0v) is 12.7. The molecule has 0 spiro atoms. The number of nitrogens with one attached hydrogen (secondary N) is 1. The summed E-state index contributed by atoms with van der Waals surface area (Å²) in [5.74, 6) is 0.747. The van der Waals surface area contributed by atoms with Crippen LogP contribution in [0, 0.1) is 0 Å². The van der Waals surface area contributed by atoms with Crippen LogP contribution >= 0.6 is 0 Å². The average Bonchev–Trinajstić information content (AvgIpc) is 3.13. The Morgan fingerprint density at radius 3 is 3.00 bits per heavy atom. The number of carbonyl (C=O) groups is 1. The number of hydrogen-bond donors (Lipinski definition) is 1. The van der Waals surface area contributed by atoms with Gasteiger partial charge in [0.25, 0.3) is 0 Å². The lowest BCUT2D eigenvalue weighted by molar-refractivity contribution is -0.144. The number of amides is 1. The van der Waals surface area contributed by atoms with Gasteiger partial charge in [-0.25, -0.2) is 0 Å². The molecule has 3 rings (SSSR count). The van der Waals surface area contributed by atoms with Crippen molar-refractivity contribution in [3.63, 3.8) is 0 Å². The normalized spacial score (nSPS) is 29.6. The number of ether oxygens (including phenoxy) is 1. The fraction of sp³-hybridized carbons (Fsp3) is 0.688. The van der Waals surface area contributed by atoms with Gasteiger partial charge in [0, 0.05) is 18.6 Å². The summed E-state index contributed by atoms with van der Waals surface area (Å²) >= 11 is 0. The van der Waals surface area contributed by atoms with Crippen molar-refractivity contribution in [3.8, 4) is 0 Å². The fourth-order valence-electron chi connectivity index (χ4n) is 3.49. The summed E-state index contributed by atoms with van der Waals surface area (Å²) in [6, 6.07) is 4.71. The van der Waals surface area contributed by atoms with E-state index in [4.69, 9.17) is 9.15 Å². The molecule has 0 aliphatic carbocycles. The van der Waals surface area contributed by atoms with Gasteiger partial charge in [0.2, 0.25) is 5.91 Å². The summed E-state index contributed by atoms with van der Waals surface area (Å²) in [6.45, 7) is 5.96. The quantitative estimate of drug-likeness (QED) is 0.921. The van der Waals surface area contributed by atoms with Gasteiger partial charge < -0.3 is 14.5 Å². The summed E-state index contributed by atoms with van der Waals surface area (Å²) in [5.41, 5.74) is 0. The first kappa shape index (κ1) is 14.6. The summed E-state index contributed by atoms with van der Waals surface area (Å²) in [7, 11) is 0. The molecule has 0 aromatic carbocycles. The van der Waals surface area contributed by atoms with Crippen LogP contribution in [-0.4, -0.2) is 41.6 Å². The van der Waals surface area contributed by atoms with E-state index in [1.54, 1.807) is 6.26 Å². The molecular weight excluding hydrogens is 268 g/mol. The maximum atomic E-state index is 12.2. The molecule has 1 aromatic heterocycles. The highest BCUT2D eigenvalue weighted by Gasteiger charge is 2.42. The third-order valence-corrected chi connectivity index (χ3v) is 4.56. The molecule has 3 atom stereocenters. The Morgan fingerprint density at radius 2 is 2.29 bits per heavy atom. The van der Waals surface area contributed by atoms with Gasteiger partial charge in [-0.3, -0.25) is 9.69 Å². The van der Waals surface area contributed by atoms with Crippen molar-refractivity contribution in [1.82, 2.24) is 10.2 Å². The molecule has 1 N–H and O–H groups in total. The number of likely N-dealkylation sites (tertiary alicyclic amines) is 1. The van der Waals surface area contributed by atoms with Gasteiger partial charge in [-0.1, -0.05) is 0 Å². The minimum atomic E-state index is -0.312. The molecule has 116 valence electrons. The van der Waals surface area contributed by atoms with E-state index in [0.29, 0.717) is 18.6 Å². The Bertz CT molecular complexity index is 472. The third kappa shape index (κ3) is 3.14. The maximum Gasteiger partial charge on any atom is 0.249 e. The number of fused-ring (bicyclic) bond motifs is 1. The lowest BCUT2D eigenvalue weighted by atomic mass is 9.98. The Balaban J connectivity index is 1.51. The van der Waals surface area contributed by atoms with Crippen LogP contribution in [0.1, 0.15) is 38.9 Å². The van der Waals surface area contributed by atoms with Crippen LogP contribution in [0.2, 0.25) is 0 Å². The number of nitrogens with zero attached hydrogens (tertiary/aromatic N) is 1. The van der Waals surface area contributed by atoms with Crippen molar-refractivity contribution >= 4 is 5.91 Å². The summed E-state index contributed by atoms with van der Waals surface area (Å²) in [5, 5.41) is 2.90. The lowest BCUT2D eigenvalue weighted by Gasteiger charge is -2.37. The predicted octanol–water partition coefficient (Wildman–Crippen LogP) is 1.93. The topological polar surface area (TPSA) is 54.7 Å². The van der Waals surface area contributed by atoms with E-state index in [0.717, 1.165) is 31.6 Å². The van der Waals surface area contributed by atoms with Gasteiger partial charge in [-0.05, 0) is 45.2 Å². The van der Waals surface area contributed by atoms with Crippen LogP contribution < -0.4 is 5.32 Å². The second-order valence-corrected chi connectivity index (χ2v) is 6.23. The summed E-state index contributed by atoms with van der Waals surface area (Å²) in [6.07, 6.45) is 4.39. The second kappa shape index (κ2) is 6.20. The van der Waals surface area contributed by atoms with Crippen LogP contribution in [0.4, 0.5) is 0 Å². The number of rotatable bonds is 4. The smallest absolute Gasteiger partial charge is 0.249 e. The molecule has 2 fully saturated rings. The van der Waals surface area contributed by atoms with Crippen molar-refractivity contribution in [2.45, 2.75) is 63.9 Å². The van der Waals surface area contributed by atoms with E-state index < -0.39 is 0 Å². The third-order valence-electron chi connectivity index (χ3n) is 4.56. The number of carbonyl (C=O) groups excluding carboxylic acids is 1. The molecular formula is C16H24N2O3. The summed E-state index contributed by atoms with van der Waals surface area (Å²) in [4.78, 5) is 14.7. The number of furan rings is 1. The first-order valence-electron chi connectivity index (χ1n) is 7.86. The Hall–Kier alpha value is -1.33. The van der Waals surface area contributed by atoms with E-state index in [1.807, 2.05) is 12.1 Å². The van der Waals surface area contributed by atoms with Gasteiger partial charge in [0.15, 0.2) is 0 Å². The Labute approximate surface area is 125 Å². The maximum absolute atomic E-state index is 12.2. The van der Waals surface area contributed by atoms with Gasteiger partial charge in [0.1, 0.15) is 11.9 Å². The first-order valence-corrected chi connectivity index (χ1v) is 7.86. The van der Waals surface area contributed by atoms with Gasteiger partial charge in [0.05, 0.1) is 18.9 Å². The highest BCUT2D eigenvalue weighted by atomic mass is 16.5. The van der Waals surface area contributed by atoms with Crippen molar-refractivity contribution in [3.05, 3.63) is 24.2 Å². The monoisotopic (exact) mass is 292 g/mol. The SMILES string of the molecule is CC(C)N1CC[C@@H]2O[C@H](C(=O)NCc3ccco3)CC[C@@H]21. The molecule has 1 amide bonds. The van der Waals surface area contributed by atoms with E-state index in [2.05, 4.69) is 24.1 Å². The van der Waals surface area contributed by atoms with E-state index in [1.165, 1.54) is 0 Å². The lowest BCUT2D eigenvalue weighted by Crippen LogP contribution is -2.49. The molecule has 2 saturated heterocycles. The van der Waals surface area contributed by atoms with Gasteiger partial charge in [-0.15, -0.1) is 0 Å². The predicted molar refractivity (Wildman–Crippen MR) is 78.7 cm³/mol. The van der Waals surface area contributed by atoms with Crippen LogP contribution in [0.15, 0.2) is 22.8 Å². The van der Waals surface area contributed by atoms with Crippen molar-refractivity contribution < 1.29 is 13.9 Å². The zero-order valence-electron chi connectivity index (χ0n) is 12.7. The van der Waals surface area contributed by atoms with E-state index in [9.17, 15) is 4.79 Å². The van der Waals surface area contributed by atoms with Gasteiger partial charge in [-0.2, -0.15) is 0 Å². The molecule has 2 aliphatic heterocycles. The molecule has 0 saturated carbocycles. The van der Waals surface area contributed by atoms with Crippen molar-refractivity contribution in [2.75, 3.05) is 6.54 Å². The first-order chi connectivity index (χ1) is 10.1. The van der Waals surface area contributed by atoms with Crippen molar-refractivity contribution in [1.29, 1.82) is 0 Å². The van der Waals surface area contributed by atoms with Crippen LogP contribution in [-0.2, 0) is 16.1 Å². The Morgan fingerprint density at radius 1 is 1.43 bits per heavy atom. The summed E-state index contributed by atoms with van der Waals surface area (Å²) < 4.78 is 11.3.